The molecule has 0 spiro atoms. The number of aromatic nitrogens is 2. The van der Waals surface area contributed by atoms with Gasteiger partial charge in [0, 0.05) is 12.4 Å². The van der Waals surface area contributed by atoms with Crippen LogP contribution in [0.15, 0.2) is 30.6 Å². The van der Waals surface area contributed by atoms with Crippen molar-refractivity contribution in [2.75, 3.05) is 0 Å². The molecule has 0 saturated heterocycles. The summed E-state index contributed by atoms with van der Waals surface area (Å²) in [4.78, 5) is 4.25. The lowest BCUT2D eigenvalue weighted by atomic mass is 9.54. The maximum atomic E-state index is 4.25. The summed E-state index contributed by atoms with van der Waals surface area (Å²) in [5, 5.41) is 0. The summed E-state index contributed by atoms with van der Waals surface area (Å²) in [5.41, 5.74) is 2.30. The van der Waals surface area contributed by atoms with Gasteiger partial charge in [0.2, 0.25) is 0 Å². The minimum atomic E-state index is 1.03. The highest BCUT2D eigenvalue weighted by Gasteiger charge is 1.97. The smallest absolute Gasteiger partial charge is 0.142 e. The van der Waals surface area contributed by atoms with Gasteiger partial charge in [-0.05, 0) is 17.7 Å². The van der Waals surface area contributed by atoms with Gasteiger partial charge in [0.15, 0.2) is 0 Å². The van der Waals surface area contributed by atoms with Gasteiger partial charge in [-0.3, -0.25) is 0 Å². The third kappa shape index (κ3) is 0.946. The van der Waals surface area contributed by atoms with Gasteiger partial charge in [0.05, 0.1) is 7.74 Å². The Labute approximate surface area is 66.9 Å². The van der Waals surface area contributed by atoms with E-state index in [2.05, 4.69) is 17.1 Å². The molecule has 0 aliphatic heterocycles. The van der Waals surface area contributed by atoms with Crippen molar-refractivity contribution in [1.29, 1.82) is 0 Å². The summed E-state index contributed by atoms with van der Waals surface area (Å²) >= 11 is 0. The fraction of sp³-hybridized carbons (Fsp3) is 0. The second kappa shape index (κ2) is 2.46. The Bertz CT molecular complexity index is 369. The average Bonchev–Trinajstić information content (AvgIpc) is 2.47. The lowest BCUT2D eigenvalue weighted by Gasteiger charge is -1.94. The standard InChI is InChI=1S/C7H8B2N2/c8-9-6-5-10-7-3-1-2-4-11(6)7/h1-5,9H,8H2. The number of fused-ring (bicyclic) bond motifs is 1. The van der Waals surface area contributed by atoms with Crippen LogP contribution in [-0.2, 0) is 0 Å². The van der Waals surface area contributed by atoms with Gasteiger partial charge < -0.3 is 4.40 Å². The molecule has 0 bridgehead atoms. The van der Waals surface area contributed by atoms with Crippen LogP contribution in [0.2, 0.25) is 0 Å². The Morgan fingerprint density at radius 1 is 1.45 bits per heavy atom. The second-order valence-electron chi connectivity index (χ2n) is 2.53. The molecule has 0 aliphatic rings. The summed E-state index contributed by atoms with van der Waals surface area (Å²) in [6.45, 7) is 0. The van der Waals surface area contributed by atoms with Crippen LogP contribution in [-0.4, -0.2) is 24.3 Å². The molecule has 0 unspecified atom stereocenters. The van der Waals surface area contributed by atoms with Crippen molar-refractivity contribution < 1.29 is 0 Å². The Hall–Kier alpha value is -1.18. The Balaban J connectivity index is 2.76. The number of imidazole rings is 1. The molecule has 2 aromatic rings. The first-order valence-electron chi connectivity index (χ1n) is 3.83. The molecule has 0 aliphatic carbocycles. The second-order valence-corrected chi connectivity index (χ2v) is 2.53. The largest absolute Gasteiger partial charge is 0.314 e. The van der Waals surface area contributed by atoms with Gasteiger partial charge in [0.25, 0.3) is 0 Å². The van der Waals surface area contributed by atoms with Crippen LogP contribution in [0.1, 0.15) is 0 Å². The third-order valence-corrected chi connectivity index (χ3v) is 1.86. The maximum absolute atomic E-state index is 4.25. The van der Waals surface area contributed by atoms with Gasteiger partial charge in [-0.1, -0.05) is 6.07 Å². The van der Waals surface area contributed by atoms with Crippen LogP contribution in [0.3, 0.4) is 0 Å². The van der Waals surface area contributed by atoms with E-state index in [0.717, 1.165) is 12.8 Å². The van der Waals surface area contributed by atoms with Crippen molar-refractivity contribution in [3.63, 3.8) is 0 Å². The van der Waals surface area contributed by atoms with Gasteiger partial charge in [0.1, 0.15) is 12.8 Å². The van der Waals surface area contributed by atoms with Crippen molar-refractivity contribution >= 4 is 26.1 Å². The maximum Gasteiger partial charge on any atom is 0.142 e. The minimum absolute atomic E-state index is 1.03. The van der Waals surface area contributed by atoms with E-state index in [1.54, 1.807) is 0 Å². The predicted octanol–water partition coefficient (Wildman–Crippen LogP) is -1.06. The molecule has 0 amide bonds. The monoisotopic (exact) mass is 142 g/mol. The van der Waals surface area contributed by atoms with E-state index in [1.807, 2.05) is 30.6 Å². The van der Waals surface area contributed by atoms with E-state index in [-0.39, 0.29) is 0 Å². The zero-order valence-electron chi connectivity index (χ0n) is 6.49. The van der Waals surface area contributed by atoms with E-state index in [0.29, 0.717) is 0 Å². The first kappa shape index (κ1) is 6.53. The van der Waals surface area contributed by atoms with Crippen molar-refractivity contribution in [2.45, 2.75) is 0 Å². The summed E-state index contributed by atoms with van der Waals surface area (Å²) < 4.78 is 2.11. The normalized spacial score (nSPS) is 10.2. The molecule has 11 heavy (non-hydrogen) atoms. The van der Waals surface area contributed by atoms with Crippen LogP contribution in [0, 0.1) is 0 Å². The van der Waals surface area contributed by atoms with Crippen LogP contribution < -0.4 is 5.59 Å². The van der Waals surface area contributed by atoms with E-state index in [1.165, 1.54) is 5.59 Å². The summed E-state index contributed by atoms with van der Waals surface area (Å²) in [6.07, 6.45) is 3.97. The number of nitrogens with zero attached hydrogens (tertiary/aromatic N) is 2. The molecule has 52 valence electrons. The molecule has 2 nitrogen and oxygen atoms in total. The number of pyridine rings is 1. The van der Waals surface area contributed by atoms with Crippen molar-refractivity contribution in [2.24, 2.45) is 0 Å². The number of rotatable bonds is 1. The van der Waals surface area contributed by atoms with E-state index < -0.39 is 0 Å². The summed E-state index contributed by atoms with van der Waals surface area (Å²) in [5.74, 6) is 0. The summed E-state index contributed by atoms with van der Waals surface area (Å²) in [7, 11) is 3.17. The quantitative estimate of drug-likeness (QED) is 0.464. The van der Waals surface area contributed by atoms with Crippen molar-refractivity contribution in [1.82, 2.24) is 9.38 Å². The van der Waals surface area contributed by atoms with E-state index >= 15 is 0 Å². The number of hydrogen-bond acceptors (Lipinski definition) is 1. The first-order chi connectivity index (χ1) is 5.42. The zero-order valence-corrected chi connectivity index (χ0v) is 6.49. The van der Waals surface area contributed by atoms with Crippen LogP contribution in [0.5, 0.6) is 0 Å². The molecule has 2 aromatic heterocycles. The first-order valence-corrected chi connectivity index (χ1v) is 3.83. The molecule has 4 heteroatoms. The highest BCUT2D eigenvalue weighted by Crippen LogP contribution is 1.95. The molecule has 0 radical (unpaired) electrons. The fourth-order valence-electron chi connectivity index (χ4n) is 1.25. The summed E-state index contributed by atoms with van der Waals surface area (Å²) in [6, 6.07) is 6.04. The van der Waals surface area contributed by atoms with E-state index in [4.69, 9.17) is 0 Å². The Morgan fingerprint density at radius 3 is 3.18 bits per heavy atom. The topological polar surface area (TPSA) is 17.3 Å². The zero-order chi connectivity index (χ0) is 7.68. The molecule has 0 N–H and O–H groups in total. The highest BCUT2D eigenvalue weighted by molar-refractivity contribution is 6.97. The molecule has 0 fully saturated rings. The van der Waals surface area contributed by atoms with Gasteiger partial charge in [-0.15, -0.1) is 0 Å². The third-order valence-electron chi connectivity index (χ3n) is 1.86. The average molecular weight is 142 g/mol. The van der Waals surface area contributed by atoms with Gasteiger partial charge >= 0.3 is 0 Å². The Kier molecular flexibility index (Phi) is 1.46. The van der Waals surface area contributed by atoms with Crippen LogP contribution in [0.4, 0.5) is 0 Å². The molecule has 2 heterocycles. The van der Waals surface area contributed by atoms with Crippen molar-refractivity contribution in [3.8, 4) is 0 Å². The lowest BCUT2D eigenvalue weighted by molar-refractivity contribution is 1.22. The molecule has 0 atom stereocenters. The fourth-order valence-corrected chi connectivity index (χ4v) is 1.25. The van der Waals surface area contributed by atoms with Gasteiger partial charge in [-0.25, -0.2) is 4.98 Å². The van der Waals surface area contributed by atoms with Crippen LogP contribution >= 0.6 is 0 Å². The molecular formula is C7H8B2N2. The Morgan fingerprint density at radius 2 is 2.36 bits per heavy atom. The van der Waals surface area contributed by atoms with Gasteiger partial charge in [-0.2, -0.15) is 0 Å². The predicted molar refractivity (Wildman–Crippen MR) is 50.5 cm³/mol. The molecule has 0 saturated carbocycles. The minimum Gasteiger partial charge on any atom is -0.314 e. The SMILES string of the molecule is BBc1cnc2ccccn12. The molecule has 0 aromatic carbocycles. The van der Waals surface area contributed by atoms with Crippen LogP contribution in [0.25, 0.3) is 5.65 Å². The highest BCUT2D eigenvalue weighted by atomic mass is 15.0. The molecular weight excluding hydrogens is 134 g/mol. The van der Waals surface area contributed by atoms with E-state index in [9.17, 15) is 0 Å². The van der Waals surface area contributed by atoms with Crippen molar-refractivity contribution in [3.05, 3.63) is 30.6 Å². The number of hydrogen-bond donors (Lipinski definition) is 0. The molecule has 2 rings (SSSR count). The lowest BCUT2D eigenvalue weighted by Crippen LogP contribution is -2.18.